The summed E-state index contributed by atoms with van der Waals surface area (Å²) in [4.78, 5) is 6.49. The van der Waals surface area contributed by atoms with Crippen molar-refractivity contribution < 1.29 is 13.9 Å². The van der Waals surface area contributed by atoms with Crippen molar-refractivity contribution in [2.45, 2.75) is 44.2 Å². The second kappa shape index (κ2) is 6.83. The summed E-state index contributed by atoms with van der Waals surface area (Å²) in [6.07, 6.45) is 7.90. The minimum atomic E-state index is 0.114. The van der Waals surface area contributed by atoms with Crippen LogP contribution >= 0.6 is 0 Å². The van der Waals surface area contributed by atoms with Gasteiger partial charge in [-0.2, -0.15) is 0 Å². The molecule has 0 unspecified atom stereocenters. The van der Waals surface area contributed by atoms with Crippen LogP contribution in [0.3, 0.4) is 0 Å². The Morgan fingerprint density at radius 1 is 1.26 bits per heavy atom. The molecule has 122 valence electrons. The van der Waals surface area contributed by atoms with Crippen molar-refractivity contribution in [1.82, 2.24) is 9.88 Å². The standard InChI is InChI=1S/C18H22N2O3/c1-3-15(21-9-1)11-20-12-17(18-16(20)4-2-10-22-18)23-13-14-5-7-19-8-6-14/h1,3,5-9,16-18H,2,4,10-13H2/t16-,17-,18+/m1/s1. The molecule has 0 spiro atoms. The van der Waals surface area contributed by atoms with Gasteiger partial charge in [0, 0.05) is 31.6 Å². The lowest BCUT2D eigenvalue weighted by molar-refractivity contribution is -0.0820. The maximum atomic E-state index is 6.18. The predicted octanol–water partition coefficient (Wildman–Crippen LogP) is 2.62. The molecule has 5 nitrogen and oxygen atoms in total. The van der Waals surface area contributed by atoms with Crippen LogP contribution < -0.4 is 0 Å². The van der Waals surface area contributed by atoms with Crippen molar-refractivity contribution in [3.8, 4) is 0 Å². The van der Waals surface area contributed by atoms with E-state index in [-0.39, 0.29) is 12.2 Å². The van der Waals surface area contributed by atoms with Crippen molar-refractivity contribution >= 4 is 0 Å². The number of pyridine rings is 1. The molecule has 2 saturated heterocycles. The summed E-state index contributed by atoms with van der Waals surface area (Å²) in [6.45, 7) is 3.16. The first-order chi connectivity index (χ1) is 11.4. The SMILES string of the molecule is c1coc(CN2C[C@@H](OCc3ccncc3)[C@H]3OCCC[C@H]32)c1. The first kappa shape index (κ1) is 14.9. The molecule has 4 heterocycles. The Hall–Kier alpha value is -1.69. The van der Waals surface area contributed by atoms with E-state index in [9.17, 15) is 0 Å². The fraction of sp³-hybridized carbons (Fsp3) is 0.500. The molecule has 0 radical (unpaired) electrons. The zero-order chi connectivity index (χ0) is 15.5. The molecule has 0 amide bonds. The number of fused-ring (bicyclic) bond motifs is 1. The quantitative estimate of drug-likeness (QED) is 0.849. The highest BCUT2D eigenvalue weighted by atomic mass is 16.5. The molecule has 5 heteroatoms. The molecule has 2 aliphatic heterocycles. The Morgan fingerprint density at radius 3 is 3.00 bits per heavy atom. The van der Waals surface area contributed by atoms with Gasteiger partial charge in [-0.15, -0.1) is 0 Å². The fourth-order valence-corrected chi connectivity index (χ4v) is 3.62. The van der Waals surface area contributed by atoms with E-state index in [4.69, 9.17) is 13.9 Å². The third-order valence-corrected chi connectivity index (χ3v) is 4.74. The normalized spacial score (nSPS) is 27.9. The Kier molecular flexibility index (Phi) is 4.41. The summed E-state index contributed by atoms with van der Waals surface area (Å²) in [6, 6.07) is 8.39. The maximum absolute atomic E-state index is 6.18. The molecule has 3 atom stereocenters. The molecule has 0 aliphatic carbocycles. The van der Waals surface area contributed by atoms with Gasteiger partial charge in [0.25, 0.3) is 0 Å². The Balaban J connectivity index is 1.42. The van der Waals surface area contributed by atoms with Crippen LogP contribution in [-0.2, 0) is 22.6 Å². The number of rotatable bonds is 5. The first-order valence-corrected chi connectivity index (χ1v) is 8.29. The number of likely N-dealkylation sites (tertiary alicyclic amines) is 1. The van der Waals surface area contributed by atoms with Gasteiger partial charge in [0.15, 0.2) is 0 Å². The molecule has 0 aromatic carbocycles. The van der Waals surface area contributed by atoms with Crippen molar-refractivity contribution in [3.63, 3.8) is 0 Å². The van der Waals surface area contributed by atoms with Crippen LogP contribution in [0.5, 0.6) is 0 Å². The van der Waals surface area contributed by atoms with Crippen LogP contribution in [-0.4, -0.2) is 41.3 Å². The van der Waals surface area contributed by atoms with Crippen LogP contribution in [0.1, 0.15) is 24.2 Å². The number of hydrogen-bond donors (Lipinski definition) is 0. The molecule has 4 rings (SSSR count). The van der Waals surface area contributed by atoms with Crippen molar-refractivity contribution in [1.29, 1.82) is 0 Å². The summed E-state index contributed by atoms with van der Waals surface area (Å²) in [5.74, 6) is 1.00. The van der Waals surface area contributed by atoms with Gasteiger partial charge >= 0.3 is 0 Å². The van der Waals surface area contributed by atoms with Crippen LogP contribution in [0.25, 0.3) is 0 Å². The Morgan fingerprint density at radius 2 is 2.17 bits per heavy atom. The highest BCUT2D eigenvalue weighted by molar-refractivity contribution is 5.09. The van der Waals surface area contributed by atoms with Gasteiger partial charge in [-0.25, -0.2) is 0 Å². The van der Waals surface area contributed by atoms with E-state index in [1.165, 1.54) is 6.42 Å². The average molecular weight is 314 g/mol. The molecule has 2 fully saturated rings. The van der Waals surface area contributed by atoms with Crippen LogP contribution in [0, 0.1) is 0 Å². The van der Waals surface area contributed by atoms with Gasteiger partial charge in [0.2, 0.25) is 0 Å². The molecule has 0 saturated carbocycles. The molecule has 2 aromatic rings. The summed E-state index contributed by atoms with van der Waals surface area (Å²) >= 11 is 0. The minimum absolute atomic E-state index is 0.114. The van der Waals surface area contributed by atoms with E-state index in [0.717, 1.165) is 37.4 Å². The lowest BCUT2D eigenvalue weighted by Gasteiger charge is -2.32. The highest BCUT2D eigenvalue weighted by Gasteiger charge is 2.44. The van der Waals surface area contributed by atoms with E-state index in [1.807, 2.05) is 24.3 Å². The van der Waals surface area contributed by atoms with Crippen molar-refractivity contribution in [3.05, 3.63) is 54.2 Å². The molecular formula is C18H22N2O3. The third kappa shape index (κ3) is 3.32. The second-order valence-electron chi connectivity index (χ2n) is 6.26. The molecule has 2 aromatic heterocycles. The molecule has 23 heavy (non-hydrogen) atoms. The third-order valence-electron chi connectivity index (χ3n) is 4.74. The van der Waals surface area contributed by atoms with E-state index in [0.29, 0.717) is 12.6 Å². The van der Waals surface area contributed by atoms with Gasteiger partial charge in [0.1, 0.15) is 11.9 Å². The average Bonchev–Trinajstić information content (AvgIpc) is 3.23. The summed E-state index contributed by atoms with van der Waals surface area (Å²) < 4.78 is 17.7. The van der Waals surface area contributed by atoms with E-state index < -0.39 is 0 Å². The lowest BCUT2D eigenvalue weighted by atomic mass is 10.0. The van der Waals surface area contributed by atoms with E-state index in [2.05, 4.69) is 9.88 Å². The van der Waals surface area contributed by atoms with Crippen LogP contribution in [0.2, 0.25) is 0 Å². The van der Waals surface area contributed by atoms with Gasteiger partial charge in [-0.1, -0.05) is 0 Å². The van der Waals surface area contributed by atoms with Crippen molar-refractivity contribution in [2.75, 3.05) is 13.2 Å². The fourth-order valence-electron chi connectivity index (χ4n) is 3.62. The predicted molar refractivity (Wildman–Crippen MR) is 84.7 cm³/mol. The summed E-state index contributed by atoms with van der Waals surface area (Å²) in [5.41, 5.74) is 1.15. The van der Waals surface area contributed by atoms with Gasteiger partial charge in [-0.3, -0.25) is 9.88 Å². The smallest absolute Gasteiger partial charge is 0.117 e. The highest BCUT2D eigenvalue weighted by Crippen LogP contribution is 2.32. The van der Waals surface area contributed by atoms with E-state index >= 15 is 0 Å². The van der Waals surface area contributed by atoms with Gasteiger partial charge in [-0.05, 0) is 42.7 Å². The molecule has 0 bridgehead atoms. The molecule has 2 aliphatic rings. The van der Waals surface area contributed by atoms with Crippen LogP contribution in [0.15, 0.2) is 47.3 Å². The van der Waals surface area contributed by atoms with Crippen molar-refractivity contribution in [2.24, 2.45) is 0 Å². The molecule has 0 N–H and O–H groups in total. The Labute approximate surface area is 136 Å². The monoisotopic (exact) mass is 314 g/mol. The first-order valence-electron chi connectivity index (χ1n) is 8.29. The van der Waals surface area contributed by atoms with Gasteiger partial charge < -0.3 is 13.9 Å². The Bertz CT molecular complexity index is 602. The zero-order valence-electron chi connectivity index (χ0n) is 13.1. The number of hydrogen-bond acceptors (Lipinski definition) is 5. The number of nitrogens with zero attached hydrogens (tertiary/aromatic N) is 2. The van der Waals surface area contributed by atoms with Gasteiger partial charge in [0.05, 0.1) is 25.5 Å². The summed E-state index contributed by atoms with van der Waals surface area (Å²) in [5, 5.41) is 0. The maximum Gasteiger partial charge on any atom is 0.117 e. The zero-order valence-corrected chi connectivity index (χ0v) is 13.1. The largest absolute Gasteiger partial charge is 0.468 e. The van der Waals surface area contributed by atoms with Crippen LogP contribution in [0.4, 0.5) is 0 Å². The summed E-state index contributed by atoms with van der Waals surface area (Å²) in [7, 11) is 0. The number of furan rings is 1. The number of aromatic nitrogens is 1. The molecular weight excluding hydrogens is 292 g/mol. The number of ether oxygens (including phenoxy) is 2. The lowest BCUT2D eigenvalue weighted by Crippen LogP contribution is -2.41. The minimum Gasteiger partial charge on any atom is -0.468 e. The second-order valence-corrected chi connectivity index (χ2v) is 6.26. The topological polar surface area (TPSA) is 47.7 Å². The van der Waals surface area contributed by atoms with E-state index in [1.54, 1.807) is 18.7 Å².